The number of furan rings is 1. The van der Waals surface area contributed by atoms with Crippen LogP contribution in [0.15, 0.2) is 102 Å². The van der Waals surface area contributed by atoms with Crippen molar-refractivity contribution in [2.24, 2.45) is 0 Å². The molecule has 0 bridgehead atoms. The smallest absolute Gasteiger partial charge is 0.305 e. The monoisotopic (exact) mass is 464 g/mol. The zero-order chi connectivity index (χ0) is 24.0. The van der Waals surface area contributed by atoms with E-state index < -0.39 is 11.8 Å². The van der Waals surface area contributed by atoms with Crippen LogP contribution in [0, 0.1) is 0 Å². The van der Waals surface area contributed by atoms with Gasteiger partial charge in [-0.15, -0.1) is 0 Å². The lowest BCUT2D eigenvalue weighted by Crippen LogP contribution is -2.41. The van der Waals surface area contributed by atoms with Gasteiger partial charge in [0.1, 0.15) is 18.1 Å². The van der Waals surface area contributed by atoms with Crippen LogP contribution in [0.25, 0.3) is 22.2 Å². The second kappa shape index (κ2) is 9.88. The number of benzene rings is 2. The summed E-state index contributed by atoms with van der Waals surface area (Å²) in [6.45, 7) is 0.171. The first kappa shape index (κ1) is 21.8. The first-order chi connectivity index (χ1) is 17.2. The Kier molecular flexibility index (Phi) is 6.17. The van der Waals surface area contributed by atoms with Crippen molar-refractivity contribution < 1.29 is 18.7 Å². The van der Waals surface area contributed by atoms with Crippen molar-refractivity contribution in [1.29, 1.82) is 0 Å². The van der Waals surface area contributed by atoms with Crippen LogP contribution in [0.3, 0.4) is 0 Å². The van der Waals surface area contributed by atoms with Crippen molar-refractivity contribution in [2.45, 2.75) is 6.61 Å². The molecule has 2 N–H and O–H groups in total. The maximum absolute atomic E-state index is 13.0. The van der Waals surface area contributed by atoms with Crippen LogP contribution in [0.1, 0.15) is 26.7 Å². The highest BCUT2D eigenvalue weighted by atomic mass is 16.5. The van der Waals surface area contributed by atoms with Crippen LogP contribution >= 0.6 is 0 Å². The molecular weight excluding hydrogens is 444 g/mol. The minimum absolute atomic E-state index is 0.0500. The van der Waals surface area contributed by atoms with E-state index in [-0.39, 0.29) is 12.4 Å². The number of carbonyl (C=O) groups excluding carboxylic acids is 2. The van der Waals surface area contributed by atoms with Gasteiger partial charge in [0.05, 0.1) is 16.8 Å². The summed E-state index contributed by atoms with van der Waals surface area (Å²) in [5.41, 5.74) is 7.35. The van der Waals surface area contributed by atoms with Crippen LogP contribution in [-0.2, 0) is 6.61 Å². The molecule has 8 nitrogen and oxygen atoms in total. The van der Waals surface area contributed by atoms with Crippen LogP contribution in [0.2, 0.25) is 0 Å². The maximum atomic E-state index is 13.0. The lowest BCUT2D eigenvalue weighted by molar-refractivity contribution is 0.0829. The van der Waals surface area contributed by atoms with E-state index in [0.29, 0.717) is 33.7 Å². The van der Waals surface area contributed by atoms with E-state index in [4.69, 9.17) is 9.15 Å². The van der Waals surface area contributed by atoms with Gasteiger partial charge in [0.15, 0.2) is 5.76 Å². The van der Waals surface area contributed by atoms with Crippen molar-refractivity contribution in [3.63, 3.8) is 0 Å². The average Bonchev–Trinajstić information content (AvgIpc) is 3.40. The second-order valence-corrected chi connectivity index (χ2v) is 7.58. The summed E-state index contributed by atoms with van der Waals surface area (Å²) in [7, 11) is 0. The van der Waals surface area contributed by atoms with Crippen molar-refractivity contribution in [3.05, 3.63) is 114 Å². The summed E-state index contributed by atoms with van der Waals surface area (Å²) >= 11 is 0. The van der Waals surface area contributed by atoms with Crippen LogP contribution in [-0.4, -0.2) is 21.8 Å². The van der Waals surface area contributed by atoms with E-state index in [1.165, 1.54) is 6.07 Å². The van der Waals surface area contributed by atoms with E-state index in [1.807, 2.05) is 60.7 Å². The summed E-state index contributed by atoms with van der Waals surface area (Å²) in [5.74, 6) is 0.155. The molecule has 3 heterocycles. The molecule has 0 fully saturated rings. The van der Waals surface area contributed by atoms with Gasteiger partial charge in [0, 0.05) is 23.3 Å². The van der Waals surface area contributed by atoms with Gasteiger partial charge in [-0.3, -0.25) is 25.4 Å². The molecule has 172 valence electrons. The largest absolute Gasteiger partial charge is 0.486 e. The molecule has 5 aromatic rings. The quantitative estimate of drug-likeness (QED) is 0.357. The third-order valence-electron chi connectivity index (χ3n) is 5.24. The molecule has 0 spiro atoms. The number of amides is 2. The fraction of sp³-hybridized carbons (Fsp3) is 0.0370. The second-order valence-electron chi connectivity index (χ2n) is 7.58. The van der Waals surface area contributed by atoms with E-state index in [0.717, 1.165) is 5.56 Å². The number of nitrogens with one attached hydrogen (secondary N) is 2. The number of hydrogen-bond donors (Lipinski definition) is 2. The highest BCUT2D eigenvalue weighted by molar-refractivity contribution is 6.08. The van der Waals surface area contributed by atoms with Gasteiger partial charge in [-0.25, -0.2) is 4.98 Å². The van der Waals surface area contributed by atoms with Crippen LogP contribution in [0.4, 0.5) is 0 Å². The van der Waals surface area contributed by atoms with Gasteiger partial charge in [-0.05, 0) is 48.5 Å². The topological polar surface area (TPSA) is 106 Å². The zero-order valence-electron chi connectivity index (χ0n) is 18.5. The summed E-state index contributed by atoms with van der Waals surface area (Å²) in [6.07, 6.45) is 3.32. The van der Waals surface area contributed by atoms with Crippen LogP contribution < -0.4 is 15.6 Å². The number of carbonyl (C=O) groups is 2. The molecule has 0 atom stereocenters. The molecule has 0 saturated heterocycles. The summed E-state index contributed by atoms with van der Waals surface area (Å²) in [5, 5.41) is 0.662. The van der Waals surface area contributed by atoms with E-state index >= 15 is 0 Å². The maximum Gasteiger partial charge on any atom is 0.305 e. The molecule has 5 rings (SSSR count). The Bertz CT molecular complexity index is 1480. The average molecular weight is 464 g/mol. The number of rotatable bonds is 6. The first-order valence-corrected chi connectivity index (χ1v) is 10.8. The number of ether oxygens (including phenoxy) is 1. The lowest BCUT2D eigenvalue weighted by Gasteiger charge is -2.11. The van der Waals surface area contributed by atoms with Crippen LogP contribution in [0.5, 0.6) is 5.75 Å². The summed E-state index contributed by atoms with van der Waals surface area (Å²) in [6, 6.07) is 25.1. The Morgan fingerprint density at radius 2 is 1.57 bits per heavy atom. The molecule has 2 aromatic carbocycles. The molecule has 0 radical (unpaired) electrons. The highest BCUT2D eigenvalue weighted by Crippen LogP contribution is 2.24. The minimum Gasteiger partial charge on any atom is -0.486 e. The molecule has 0 saturated carbocycles. The molecule has 0 aliphatic rings. The first-order valence-electron chi connectivity index (χ1n) is 10.8. The summed E-state index contributed by atoms with van der Waals surface area (Å²) in [4.78, 5) is 34.2. The van der Waals surface area contributed by atoms with Gasteiger partial charge < -0.3 is 9.15 Å². The molecular formula is C27H20N4O4. The fourth-order valence-corrected chi connectivity index (χ4v) is 3.52. The SMILES string of the molecule is O=C(NNC(=O)c1cc(-c2ccncc2)nc2ccccc12)c1ccc(COc2ccccc2)o1. The fourth-order valence-electron chi connectivity index (χ4n) is 3.52. The van der Waals surface area contributed by atoms with E-state index in [1.54, 1.807) is 30.6 Å². The van der Waals surface area contributed by atoms with Gasteiger partial charge in [0.25, 0.3) is 5.91 Å². The molecule has 2 amide bonds. The van der Waals surface area contributed by atoms with Crippen molar-refractivity contribution >= 4 is 22.7 Å². The third-order valence-corrected chi connectivity index (χ3v) is 5.24. The standard InChI is InChI=1S/C27H20N4O4/c32-26(22-16-24(18-12-14-28-15-13-18)29-23-9-5-4-8-21(22)23)30-31-27(33)25-11-10-20(35-25)17-34-19-6-2-1-3-7-19/h1-16H,17H2,(H,30,32)(H,31,33). The van der Waals surface area contributed by atoms with Crippen molar-refractivity contribution in [2.75, 3.05) is 0 Å². The van der Waals surface area contributed by atoms with E-state index in [9.17, 15) is 9.59 Å². The van der Waals surface area contributed by atoms with Gasteiger partial charge in [-0.1, -0.05) is 36.4 Å². The molecule has 35 heavy (non-hydrogen) atoms. The van der Waals surface area contributed by atoms with Gasteiger partial charge in [0.2, 0.25) is 0 Å². The predicted octanol–water partition coefficient (Wildman–Crippen LogP) is 4.54. The number of hydrogen-bond acceptors (Lipinski definition) is 6. The van der Waals surface area contributed by atoms with Crippen molar-refractivity contribution in [1.82, 2.24) is 20.8 Å². The van der Waals surface area contributed by atoms with Crippen molar-refractivity contribution in [3.8, 4) is 17.0 Å². The zero-order valence-corrected chi connectivity index (χ0v) is 18.5. The number of para-hydroxylation sites is 2. The minimum atomic E-state index is -0.586. The Morgan fingerprint density at radius 3 is 2.40 bits per heavy atom. The number of pyridine rings is 2. The number of nitrogens with zero attached hydrogens (tertiary/aromatic N) is 2. The Hall–Kier alpha value is -4.98. The summed E-state index contributed by atoms with van der Waals surface area (Å²) < 4.78 is 11.2. The normalized spacial score (nSPS) is 10.6. The van der Waals surface area contributed by atoms with Gasteiger partial charge in [-0.2, -0.15) is 0 Å². The number of hydrazine groups is 1. The Morgan fingerprint density at radius 1 is 0.829 bits per heavy atom. The third kappa shape index (κ3) is 5.01. The number of aromatic nitrogens is 2. The predicted molar refractivity (Wildman–Crippen MR) is 129 cm³/mol. The van der Waals surface area contributed by atoms with E-state index in [2.05, 4.69) is 20.8 Å². The lowest BCUT2D eigenvalue weighted by atomic mass is 10.0. The Balaban J connectivity index is 1.28. The highest BCUT2D eigenvalue weighted by Gasteiger charge is 2.17. The Labute approximate surface area is 200 Å². The molecule has 3 aromatic heterocycles. The number of fused-ring (bicyclic) bond motifs is 1. The molecule has 0 aliphatic carbocycles. The molecule has 8 heteroatoms. The van der Waals surface area contributed by atoms with Gasteiger partial charge >= 0.3 is 5.91 Å². The molecule has 0 aliphatic heterocycles. The molecule has 0 unspecified atom stereocenters.